The molecular weight excluding hydrogens is 973 g/mol. The summed E-state index contributed by atoms with van der Waals surface area (Å²) < 4.78 is 7.59. The SMILES string of the molecule is C[C@H]1CC[C@H](c2ccc3ccc(C4CCN(C)CC4)nc3c2)N(C(=O)C(=O)Nc2cnc(N)c3cnn(COCC[Si](C)(C)C)c23)C1.C[C@H]1CC[C@H](c2ccc3ccc(C4CCN(C)CC4)nc3c2)N(C(=O)C(N)=O)C1. The molecule has 76 heavy (non-hydrogen) atoms. The first kappa shape index (κ1) is 54.4. The van der Waals surface area contributed by atoms with Gasteiger partial charge in [0, 0.05) is 61.8 Å². The summed E-state index contributed by atoms with van der Waals surface area (Å²) in [6, 6.07) is 21.8. The maximum absolute atomic E-state index is 13.9. The number of carbonyl (C=O) groups excluding carboxylic acids is 4. The fraction of sp³-hybridized carbons (Fsp3) is 0.517. The smallest absolute Gasteiger partial charge is 0.314 e. The van der Waals surface area contributed by atoms with E-state index in [-0.39, 0.29) is 24.7 Å². The molecule has 8 heterocycles. The number of nitrogens with one attached hydrogen (secondary N) is 1. The molecule has 18 heteroatoms. The molecule has 4 atom stereocenters. The van der Waals surface area contributed by atoms with Crippen LogP contribution in [0.2, 0.25) is 25.7 Å². The number of nitrogens with two attached hydrogens (primary N) is 2. The number of primary amides is 1. The Morgan fingerprint density at radius 3 is 1.68 bits per heavy atom. The topological polar surface area (TPSA) is 211 Å². The highest BCUT2D eigenvalue weighted by Crippen LogP contribution is 2.38. The van der Waals surface area contributed by atoms with Crippen LogP contribution >= 0.6 is 0 Å². The van der Waals surface area contributed by atoms with Crippen molar-refractivity contribution in [3.8, 4) is 0 Å². The first-order valence-electron chi connectivity index (χ1n) is 27.5. The van der Waals surface area contributed by atoms with Crippen molar-refractivity contribution in [3.05, 3.63) is 95.6 Å². The Kier molecular flexibility index (Phi) is 16.8. The molecule has 4 aromatic heterocycles. The van der Waals surface area contributed by atoms with Crippen molar-refractivity contribution >= 4 is 75.9 Å². The number of rotatable bonds is 10. The van der Waals surface area contributed by atoms with Crippen LogP contribution in [0.25, 0.3) is 32.7 Å². The van der Waals surface area contributed by atoms with Crippen molar-refractivity contribution in [2.75, 3.05) is 71.0 Å². The Bertz CT molecular complexity index is 3070. The van der Waals surface area contributed by atoms with Gasteiger partial charge in [-0.2, -0.15) is 5.10 Å². The van der Waals surface area contributed by atoms with Gasteiger partial charge in [0.2, 0.25) is 0 Å². The van der Waals surface area contributed by atoms with E-state index in [1.807, 2.05) is 0 Å². The number of hydrogen-bond donors (Lipinski definition) is 3. The van der Waals surface area contributed by atoms with Crippen molar-refractivity contribution in [1.29, 1.82) is 0 Å². The molecule has 17 nitrogen and oxygen atoms in total. The van der Waals surface area contributed by atoms with Crippen LogP contribution < -0.4 is 16.8 Å². The molecule has 2 aromatic carbocycles. The van der Waals surface area contributed by atoms with Gasteiger partial charge in [-0.25, -0.2) is 9.67 Å². The number of fused-ring (bicyclic) bond motifs is 3. The maximum Gasteiger partial charge on any atom is 0.314 e. The number of benzene rings is 2. The molecule has 5 N–H and O–H groups in total. The second-order valence-electron chi connectivity index (χ2n) is 23.5. The number of carbonyl (C=O) groups is 4. The molecule has 6 aromatic rings. The highest BCUT2D eigenvalue weighted by molar-refractivity contribution is 6.76. The molecular formula is C58H78N12O5Si. The van der Waals surface area contributed by atoms with E-state index in [0.29, 0.717) is 59.9 Å². The Morgan fingerprint density at radius 1 is 0.684 bits per heavy atom. The monoisotopic (exact) mass is 1050 g/mol. The molecule has 0 radical (unpaired) electrons. The van der Waals surface area contributed by atoms with Crippen molar-refractivity contribution in [2.45, 2.75) is 122 Å². The van der Waals surface area contributed by atoms with Gasteiger partial charge in [0.05, 0.1) is 52.1 Å². The van der Waals surface area contributed by atoms with Gasteiger partial charge in [0.1, 0.15) is 12.5 Å². The van der Waals surface area contributed by atoms with Gasteiger partial charge in [-0.1, -0.05) is 69.9 Å². The van der Waals surface area contributed by atoms with E-state index in [2.05, 4.69) is 133 Å². The maximum atomic E-state index is 13.9. The first-order valence-corrected chi connectivity index (χ1v) is 31.2. The van der Waals surface area contributed by atoms with Crippen LogP contribution in [-0.4, -0.2) is 136 Å². The predicted molar refractivity (Wildman–Crippen MR) is 302 cm³/mol. The van der Waals surface area contributed by atoms with Crippen molar-refractivity contribution in [1.82, 2.24) is 44.3 Å². The zero-order valence-electron chi connectivity index (χ0n) is 45.6. The van der Waals surface area contributed by atoms with Crippen LogP contribution in [0.3, 0.4) is 0 Å². The molecule has 4 aliphatic rings. The van der Waals surface area contributed by atoms with E-state index in [1.54, 1.807) is 20.7 Å². The van der Waals surface area contributed by atoms with E-state index in [1.165, 1.54) is 6.20 Å². The normalized spacial score (nSPS) is 21.4. The van der Waals surface area contributed by atoms with E-state index >= 15 is 0 Å². The average molecular weight is 1050 g/mol. The molecule has 0 saturated carbocycles. The molecule has 0 unspecified atom stereocenters. The zero-order chi connectivity index (χ0) is 53.8. The van der Waals surface area contributed by atoms with Gasteiger partial charge < -0.3 is 41.1 Å². The molecule has 4 aliphatic heterocycles. The minimum absolute atomic E-state index is 0.121. The summed E-state index contributed by atoms with van der Waals surface area (Å²) in [5.41, 5.74) is 18.6. The average Bonchev–Trinajstić information content (AvgIpc) is 3.89. The van der Waals surface area contributed by atoms with Crippen LogP contribution in [0.15, 0.2) is 73.1 Å². The van der Waals surface area contributed by atoms with Crippen LogP contribution in [0.5, 0.6) is 0 Å². The molecule has 4 saturated heterocycles. The lowest BCUT2D eigenvalue weighted by molar-refractivity contribution is -0.147. The predicted octanol–water partition coefficient (Wildman–Crippen LogP) is 8.45. The highest BCUT2D eigenvalue weighted by atomic mass is 28.3. The molecule has 0 bridgehead atoms. The Labute approximate surface area is 448 Å². The molecule has 404 valence electrons. The standard InChI is InChI=1S/C35H48N8O3Si.C23H30N4O2/c1-23-6-11-31(26-8-7-24-9-10-28(39-29(24)18-26)25-12-14-41(2)15-13-25)42(21-23)35(45)34(44)40-30-20-37-33(36)27-19-38-43(32(27)30)22-46-16-17-47(3,4)5;1-15-3-8-21(27(14-15)23(29)22(24)28)18-5-4-16-6-7-19(25-20(16)13-18)17-9-11-26(2)12-10-17/h7-10,18-20,23,25,31H,6,11-17,21-22H2,1-5H3,(H2,36,37)(H,40,44);4-7,13,15,17,21H,3,8-12,14H2,1-2H3,(H2,24,28)/t23-,31+;15-,21+/m00/s1. The van der Waals surface area contributed by atoms with Gasteiger partial charge >= 0.3 is 23.6 Å². The number of pyridine rings is 3. The lowest BCUT2D eigenvalue weighted by Crippen LogP contribution is -2.46. The van der Waals surface area contributed by atoms with E-state index in [0.717, 1.165) is 128 Å². The minimum atomic E-state index is -1.25. The summed E-state index contributed by atoms with van der Waals surface area (Å²) in [5, 5.41) is 10.1. The Morgan fingerprint density at radius 2 is 1.18 bits per heavy atom. The number of piperidine rings is 4. The van der Waals surface area contributed by atoms with Crippen LogP contribution in [0, 0.1) is 11.8 Å². The number of nitrogen functional groups attached to an aromatic ring is 1. The van der Waals surface area contributed by atoms with Crippen LogP contribution in [0.1, 0.15) is 112 Å². The number of anilines is 2. The van der Waals surface area contributed by atoms with E-state index in [9.17, 15) is 19.2 Å². The van der Waals surface area contributed by atoms with E-state index < -0.39 is 31.7 Å². The summed E-state index contributed by atoms with van der Waals surface area (Å²) in [4.78, 5) is 74.0. The number of nitrogens with zero attached hydrogens (tertiary/aromatic N) is 9. The third kappa shape index (κ3) is 12.7. The Balaban J connectivity index is 0.000000208. The summed E-state index contributed by atoms with van der Waals surface area (Å²) >= 11 is 0. The molecule has 0 aliphatic carbocycles. The molecule has 0 spiro atoms. The molecule has 4 fully saturated rings. The third-order valence-corrected chi connectivity index (χ3v) is 17.9. The van der Waals surface area contributed by atoms with Crippen molar-refractivity contribution in [2.24, 2.45) is 17.6 Å². The fourth-order valence-electron chi connectivity index (χ4n) is 11.5. The van der Waals surface area contributed by atoms with Gasteiger partial charge in [-0.3, -0.25) is 29.1 Å². The van der Waals surface area contributed by atoms with Crippen molar-refractivity contribution < 1.29 is 23.9 Å². The van der Waals surface area contributed by atoms with Crippen LogP contribution in [0.4, 0.5) is 11.5 Å². The second kappa shape index (κ2) is 23.5. The summed E-state index contributed by atoms with van der Waals surface area (Å²) in [6.07, 6.45) is 11.2. The third-order valence-electron chi connectivity index (χ3n) is 16.2. The fourth-order valence-corrected chi connectivity index (χ4v) is 12.3. The lowest BCUT2D eigenvalue weighted by atomic mass is 9.89. The summed E-state index contributed by atoms with van der Waals surface area (Å²) in [6.45, 7) is 17.4. The van der Waals surface area contributed by atoms with Gasteiger partial charge in [-0.15, -0.1) is 0 Å². The van der Waals surface area contributed by atoms with Gasteiger partial charge in [-0.05, 0) is 145 Å². The minimum Gasteiger partial charge on any atom is -0.383 e. The van der Waals surface area contributed by atoms with Crippen molar-refractivity contribution in [3.63, 3.8) is 0 Å². The number of amides is 4. The highest BCUT2D eigenvalue weighted by Gasteiger charge is 2.36. The van der Waals surface area contributed by atoms with E-state index in [4.69, 9.17) is 26.2 Å². The number of aromatic nitrogens is 5. The quantitative estimate of drug-likeness (QED) is 0.0671. The number of ether oxygens (including phenoxy) is 1. The number of hydrogen-bond acceptors (Lipinski definition) is 12. The van der Waals surface area contributed by atoms with Crippen LogP contribution in [-0.2, 0) is 30.6 Å². The lowest BCUT2D eigenvalue weighted by Gasteiger charge is -2.38. The molecule has 4 amide bonds. The van der Waals surface area contributed by atoms with Gasteiger partial charge in [0.15, 0.2) is 0 Å². The molecule has 10 rings (SSSR count). The Hall–Kier alpha value is -6.34. The number of likely N-dealkylation sites (tertiary alicyclic amines) is 4. The largest absolute Gasteiger partial charge is 0.383 e. The first-order chi connectivity index (χ1) is 36.4. The summed E-state index contributed by atoms with van der Waals surface area (Å²) in [7, 11) is 3.08. The summed E-state index contributed by atoms with van der Waals surface area (Å²) in [5.74, 6) is -0.860. The zero-order valence-corrected chi connectivity index (χ0v) is 46.6. The van der Waals surface area contributed by atoms with Gasteiger partial charge in [0.25, 0.3) is 0 Å². The second-order valence-corrected chi connectivity index (χ2v) is 29.1.